The Hall–Kier alpha value is -1.62. The molecule has 3 atom stereocenters. The van der Waals surface area contributed by atoms with Gasteiger partial charge in [0.25, 0.3) is 0 Å². The molecule has 0 saturated carbocycles. The van der Waals surface area contributed by atoms with Gasteiger partial charge in [0.1, 0.15) is 11.9 Å². The van der Waals surface area contributed by atoms with Crippen LogP contribution in [-0.4, -0.2) is 11.2 Å². The van der Waals surface area contributed by atoms with Crippen molar-refractivity contribution >= 4 is 28.8 Å². The monoisotopic (exact) mass is 330 g/mol. The molecule has 22 heavy (non-hydrogen) atoms. The van der Waals surface area contributed by atoms with Gasteiger partial charge in [0.2, 0.25) is 0 Å². The number of hydrogen-bond acceptors (Lipinski definition) is 3. The molecule has 0 aliphatic carbocycles. The second-order valence-corrected chi connectivity index (χ2v) is 6.50. The van der Waals surface area contributed by atoms with E-state index in [-0.39, 0.29) is 18.3 Å². The first-order valence-corrected chi connectivity index (χ1v) is 8.06. The van der Waals surface area contributed by atoms with E-state index >= 15 is 0 Å². The summed E-state index contributed by atoms with van der Waals surface area (Å²) in [4.78, 5) is 0.836. The van der Waals surface area contributed by atoms with E-state index in [1.165, 1.54) is 0 Å². The summed E-state index contributed by atoms with van der Waals surface area (Å²) >= 11 is 11.7. The lowest BCUT2D eigenvalue weighted by Crippen LogP contribution is -2.60. The molecular formula is C17H15ClN2OS. The minimum Gasteiger partial charge on any atom is -0.474 e. The molecule has 1 fully saturated rings. The van der Waals surface area contributed by atoms with Gasteiger partial charge in [0, 0.05) is 5.02 Å². The van der Waals surface area contributed by atoms with Gasteiger partial charge in [-0.15, -0.1) is 0 Å². The third-order valence-corrected chi connectivity index (χ3v) is 4.82. The summed E-state index contributed by atoms with van der Waals surface area (Å²) in [5.41, 5.74) is 2.26. The van der Waals surface area contributed by atoms with E-state index in [0.29, 0.717) is 0 Å². The summed E-state index contributed by atoms with van der Waals surface area (Å²) in [6.45, 7) is 0. The van der Waals surface area contributed by atoms with Crippen molar-refractivity contribution in [2.24, 2.45) is 5.92 Å². The van der Waals surface area contributed by atoms with Gasteiger partial charge in [-0.3, -0.25) is 5.32 Å². The van der Waals surface area contributed by atoms with Gasteiger partial charge in [0.15, 0.2) is 6.23 Å². The Morgan fingerprint density at radius 2 is 1.95 bits per heavy atom. The van der Waals surface area contributed by atoms with Crippen LogP contribution in [0.3, 0.4) is 0 Å². The van der Waals surface area contributed by atoms with E-state index in [9.17, 15) is 0 Å². The van der Waals surface area contributed by atoms with E-state index in [1.54, 1.807) is 0 Å². The van der Waals surface area contributed by atoms with Crippen molar-refractivity contribution in [3.05, 3.63) is 64.7 Å². The van der Waals surface area contributed by atoms with Crippen molar-refractivity contribution in [3.63, 3.8) is 0 Å². The fraction of sp³-hybridized carbons (Fsp3) is 0.235. The minimum atomic E-state index is -0.118. The second-order valence-electron chi connectivity index (χ2n) is 5.62. The SMILES string of the molecule is S=C1NC(c2ccccc2)NC2Oc3ccc(Cl)cc3CC12. The van der Waals surface area contributed by atoms with E-state index in [4.69, 9.17) is 28.6 Å². The molecule has 1 saturated heterocycles. The first kappa shape index (κ1) is 14.0. The molecule has 112 valence electrons. The third-order valence-electron chi connectivity index (χ3n) is 4.17. The number of benzene rings is 2. The standard InChI is InChI=1S/C17H15ClN2OS/c18-12-6-7-14-11(8-12)9-13-16(21-14)19-15(20-17(13)22)10-4-2-1-3-5-10/h1-8,13,15-16,19H,9H2,(H,20,22). The van der Waals surface area contributed by atoms with Crippen molar-refractivity contribution in [1.29, 1.82) is 0 Å². The molecule has 2 aliphatic rings. The minimum absolute atomic E-state index is 0.0243. The summed E-state index contributed by atoms with van der Waals surface area (Å²) < 4.78 is 6.12. The number of nitrogens with one attached hydrogen (secondary N) is 2. The van der Waals surface area contributed by atoms with Crippen LogP contribution in [-0.2, 0) is 6.42 Å². The summed E-state index contributed by atoms with van der Waals surface area (Å²) in [6, 6.07) is 15.9. The molecule has 4 rings (SSSR count). The molecule has 0 amide bonds. The summed E-state index contributed by atoms with van der Waals surface area (Å²) in [5, 5.41) is 7.62. The quantitative estimate of drug-likeness (QED) is 0.785. The predicted octanol–water partition coefficient (Wildman–Crippen LogP) is 3.44. The molecule has 0 spiro atoms. The third kappa shape index (κ3) is 2.47. The van der Waals surface area contributed by atoms with Crippen molar-refractivity contribution < 1.29 is 4.74 Å². The first-order valence-electron chi connectivity index (χ1n) is 7.27. The van der Waals surface area contributed by atoms with Gasteiger partial charge in [-0.25, -0.2) is 0 Å². The van der Waals surface area contributed by atoms with Crippen LogP contribution < -0.4 is 15.4 Å². The second kappa shape index (κ2) is 5.54. The van der Waals surface area contributed by atoms with Crippen LogP contribution >= 0.6 is 23.8 Å². The van der Waals surface area contributed by atoms with Crippen molar-refractivity contribution in [1.82, 2.24) is 10.6 Å². The highest BCUT2D eigenvalue weighted by Gasteiger charge is 2.39. The zero-order chi connectivity index (χ0) is 15.1. The highest BCUT2D eigenvalue weighted by Crippen LogP contribution is 2.35. The Morgan fingerprint density at radius 3 is 2.77 bits per heavy atom. The van der Waals surface area contributed by atoms with E-state index in [0.717, 1.165) is 33.3 Å². The lowest BCUT2D eigenvalue weighted by atomic mass is 9.91. The van der Waals surface area contributed by atoms with Gasteiger partial charge >= 0.3 is 0 Å². The Labute approximate surface area is 139 Å². The number of hydrogen-bond donors (Lipinski definition) is 2. The number of fused-ring (bicyclic) bond motifs is 2. The number of thiocarbonyl (C=S) groups is 1. The van der Waals surface area contributed by atoms with Crippen LogP contribution in [0.2, 0.25) is 5.02 Å². The number of rotatable bonds is 1. The molecule has 2 aromatic carbocycles. The van der Waals surface area contributed by atoms with Gasteiger partial charge < -0.3 is 10.1 Å². The summed E-state index contributed by atoms with van der Waals surface area (Å²) in [5.74, 6) is 1.01. The average molecular weight is 331 g/mol. The molecule has 2 N–H and O–H groups in total. The number of halogens is 1. The van der Waals surface area contributed by atoms with Crippen LogP contribution in [0.5, 0.6) is 5.75 Å². The number of ether oxygens (including phenoxy) is 1. The van der Waals surface area contributed by atoms with E-state index in [2.05, 4.69) is 22.8 Å². The van der Waals surface area contributed by atoms with Gasteiger partial charge in [-0.1, -0.05) is 54.2 Å². The van der Waals surface area contributed by atoms with Gasteiger partial charge in [0.05, 0.1) is 10.9 Å². The predicted molar refractivity (Wildman–Crippen MR) is 91.1 cm³/mol. The Bertz CT molecular complexity index is 722. The first-order chi connectivity index (χ1) is 10.7. The molecule has 5 heteroatoms. The maximum Gasteiger partial charge on any atom is 0.161 e. The van der Waals surface area contributed by atoms with Crippen LogP contribution in [0.15, 0.2) is 48.5 Å². The zero-order valence-corrected chi connectivity index (χ0v) is 13.3. The van der Waals surface area contributed by atoms with Crippen molar-refractivity contribution in [2.75, 3.05) is 0 Å². The molecule has 3 unspecified atom stereocenters. The topological polar surface area (TPSA) is 33.3 Å². The maximum atomic E-state index is 6.12. The Morgan fingerprint density at radius 1 is 1.14 bits per heavy atom. The summed E-state index contributed by atoms with van der Waals surface area (Å²) in [6.07, 6.45) is 0.692. The van der Waals surface area contributed by atoms with Gasteiger partial charge in [-0.05, 0) is 35.7 Å². The molecule has 0 radical (unpaired) electrons. The molecule has 0 bridgehead atoms. The van der Waals surface area contributed by atoms with Crippen LogP contribution in [0.25, 0.3) is 0 Å². The van der Waals surface area contributed by atoms with Crippen LogP contribution in [0, 0.1) is 5.92 Å². The molecule has 2 aliphatic heterocycles. The van der Waals surface area contributed by atoms with Crippen LogP contribution in [0.4, 0.5) is 0 Å². The Kier molecular flexibility index (Phi) is 3.53. The Balaban J connectivity index is 1.62. The molecule has 0 aromatic heterocycles. The van der Waals surface area contributed by atoms with E-state index in [1.807, 2.05) is 36.4 Å². The normalized spacial score (nSPS) is 26.4. The fourth-order valence-corrected chi connectivity index (χ4v) is 3.57. The maximum absolute atomic E-state index is 6.12. The highest BCUT2D eigenvalue weighted by molar-refractivity contribution is 7.80. The van der Waals surface area contributed by atoms with Crippen molar-refractivity contribution in [2.45, 2.75) is 18.8 Å². The molecule has 3 nitrogen and oxygen atoms in total. The fourth-order valence-electron chi connectivity index (χ4n) is 3.05. The average Bonchev–Trinajstić information content (AvgIpc) is 2.54. The lowest BCUT2D eigenvalue weighted by Gasteiger charge is -2.42. The van der Waals surface area contributed by atoms with Gasteiger partial charge in [-0.2, -0.15) is 0 Å². The molecule has 2 heterocycles. The molecule has 2 aromatic rings. The molecular weight excluding hydrogens is 316 g/mol. The van der Waals surface area contributed by atoms with Crippen LogP contribution in [0.1, 0.15) is 17.3 Å². The van der Waals surface area contributed by atoms with Crippen molar-refractivity contribution in [3.8, 4) is 5.75 Å². The largest absolute Gasteiger partial charge is 0.474 e. The highest BCUT2D eigenvalue weighted by atomic mass is 35.5. The zero-order valence-electron chi connectivity index (χ0n) is 11.8. The van der Waals surface area contributed by atoms with E-state index < -0.39 is 0 Å². The summed E-state index contributed by atoms with van der Waals surface area (Å²) in [7, 11) is 0. The lowest BCUT2D eigenvalue weighted by molar-refractivity contribution is 0.0806. The smallest absolute Gasteiger partial charge is 0.161 e.